The number of aliphatic hydroxyl groups is 2. The van der Waals surface area contributed by atoms with Crippen molar-refractivity contribution in [1.82, 2.24) is 0 Å². The molecule has 0 aliphatic carbocycles. The van der Waals surface area contributed by atoms with E-state index in [0.29, 0.717) is 0 Å². The van der Waals surface area contributed by atoms with Crippen LogP contribution in [0.4, 0.5) is 0 Å². The van der Waals surface area contributed by atoms with Gasteiger partial charge in [0.25, 0.3) is 0 Å². The lowest BCUT2D eigenvalue weighted by Gasteiger charge is -2.55. The molecule has 0 fully saturated rings. The molecule has 0 aromatic heterocycles. The SMILES string of the molecule is C[SiH2]O[Si](O[SiH2]C)(O[SiH2]C)C(CCOCC(O)CO)(O[Si](C)(O[Si](C)(C)C)O[Si](C)(C)C)[Si](O[SiH2]C)(O[SiH2]C)O[SiH2]C. The van der Waals surface area contributed by atoms with Gasteiger partial charge in [0.15, 0.2) is 21.5 Å². The zero-order valence-electron chi connectivity index (χ0n) is 28.6. The van der Waals surface area contributed by atoms with Gasteiger partial charge in [0.1, 0.15) is 64.7 Å². The normalized spacial score (nSPS) is 20.1. The predicted molar refractivity (Wildman–Crippen MR) is 197 cm³/mol. The Morgan fingerprint density at radius 1 is 0.619 bits per heavy atom. The summed E-state index contributed by atoms with van der Waals surface area (Å²) in [6.07, 6.45) is -0.754. The van der Waals surface area contributed by atoms with Crippen molar-refractivity contribution in [3.8, 4) is 0 Å². The van der Waals surface area contributed by atoms with Crippen LogP contribution in [0.2, 0.25) is 85.1 Å². The quantitative estimate of drug-likeness (QED) is 0.0792. The van der Waals surface area contributed by atoms with Gasteiger partial charge in [-0.3, -0.25) is 0 Å². The standard InChI is InChI=1S/C19H62O12Si11/c1-32-24-41(25-33-2,26-34-3)19(14-15-22-17-18(21)16-20,42(27-35-4,28-36-5)29-37-6)23-40(13,30-38(7,8)9)31-39(10,11)12/h18,20-21H,14-17,32-37H2,1-13H3. The van der Waals surface area contributed by atoms with E-state index in [2.05, 4.69) is 78.6 Å². The Morgan fingerprint density at radius 3 is 1.21 bits per heavy atom. The molecule has 0 bridgehead atoms. The maximum Gasteiger partial charge on any atom is 0.505 e. The average molecular weight is 792 g/mol. The summed E-state index contributed by atoms with van der Waals surface area (Å²) in [7, 11) is -21.8. The second-order valence-corrected chi connectivity index (χ2v) is 38.3. The van der Waals surface area contributed by atoms with Crippen LogP contribution in [0.1, 0.15) is 6.42 Å². The summed E-state index contributed by atoms with van der Waals surface area (Å²) < 4.78 is 68.3. The molecule has 0 heterocycles. The highest BCUT2D eigenvalue weighted by Gasteiger charge is 2.78. The first-order valence-corrected chi connectivity index (χ1v) is 39.7. The minimum Gasteiger partial charge on any atom is -0.421 e. The molecule has 0 aliphatic heterocycles. The summed E-state index contributed by atoms with van der Waals surface area (Å²) in [5, 5.41) is 19.4. The maximum atomic E-state index is 10.0. The van der Waals surface area contributed by atoms with Crippen LogP contribution in [0, 0.1) is 0 Å². The number of ether oxygens (including phenoxy) is 1. The molecule has 0 aromatic rings. The molecule has 0 radical (unpaired) electrons. The maximum absolute atomic E-state index is 10.0. The van der Waals surface area contributed by atoms with Gasteiger partial charge in [0.05, 0.1) is 13.2 Å². The number of hydrogen-bond donors (Lipinski definition) is 2. The Kier molecular flexibility index (Phi) is 21.2. The van der Waals surface area contributed by atoms with Crippen LogP contribution < -0.4 is 0 Å². The zero-order valence-corrected chi connectivity index (χ0v) is 42.1. The lowest BCUT2D eigenvalue weighted by atomic mass is 10.4. The molecule has 42 heavy (non-hydrogen) atoms. The summed E-state index contributed by atoms with van der Waals surface area (Å²) in [5.74, 6) is 0. The molecule has 0 spiro atoms. The summed E-state index contributed by atoms with van der Waals surface area (Å²) in [6, 6.07) is 0. The molecule has 0 aromatic carbocycles. The van der Waals surface area contributed by atoms with E-state index in [1.807, 2.05) is 6.55 Å². The Labute approximate surface area is 274 Å². The Hall–Kier alpha value is 1.91. The summed E-state index contributed by atoms with van der Waals surface area (Å²) in [6.45, 7) is 26.9. The number of rotatable bonds is 26. The van der Waals surface area contributed by atoms with Crippen molar-refractivity contribution in [3.05, 3.63) is 0 Å². The van der Waals surface area contributed by atoms with E-state index in [9.17, 15) is 10.2 Å². The Morgan fingerprint density at radius 2 is 0.952 bits per heavy atom. The monoisotopic (exact) mass is 790 g/mol. The zero-order chi connectivity index (χ0) is 32.7. The first kappa shape index (κ1) is 43.9. The van der Waals surface area contributed by atoms with Gasteiger partial charge < -0.3 is 52.3 Å². The molecule has 0 saturated heterocycles. The molecule has 12 nitrogen and oxygen atoms in total. The summed E-state index contributed by atoms with van der Waals surface area (Å²) in [5.41, 5.74) is 0. The molecule has 1 unspecified atom stereocenters. The second-order valence-electron chi connectivity index (χ2n) is 11.6. The lowest BCUT2D eigenvalue weighted by Crippen LogP contribution is -2.84. The second kappa shape index (κ2) is 20.3. The molecule has 254 valence electrons. The van der Waals surface area contributed by atoms with Crippen molar-refractivity contribution in [2.75, 3.05) is 19.8 Å². The van der Waals surface area contributed by atoms with Crippen molar-refractivity contribution >= 4 is 102 Å². The Balaban J connectivity index is 7.91. The van der Waals surface area contributed by atoms with E-state index >= 15 is 0 Å². The fraction of sp³-hybridized carbons (Fsp3) is 1.00. The van der Waals surface area contributed by atoms with Crippen LogP contribution in [0.15, 0.2) is 0 Å². The van der Waals surface area contributed by atoms with Crippen LogP contribution in [0.5, 0.6) is 0 Å². The van der Waals surface area contributed by atoms with Gasteiger partial charge in [-0.25, -0.2) is 0 Å². The van der Waals surface area contributed by atoms with Crippen LogP contribution in [0.3, 0.4) is 0 Å². The molecule has 2 N–H and O–H groups in total. The van der Waals surface area contributed by atoms with Gasteiger partial charge in [0.2, 0.25) is 0 Å². The molecule has 0 amide bonds. The molecular formula is C19H62O12Si11. The van der Waals surface area contributed by atoms with Crippen molar-refractivity contribution in [2.24, 2.45) is 0 Å². The van der Waals surface area contributed by atoms with Gasteiger partial charge in [-0.05, 0) is 39.3 Å². The third kappa shape index (κ3) is 13.6. The minimum absolute atomic E-state index is 0.0342. The minimum atomic E-state index is -3.74. The Bertz CT molecular complexity index is 656. The van der Waals surface area contributed by atoms with E-state index in [4.69, 9.17) is 42.1 Å². The smallest absolute Gasteiger partial charge is 0.421 e. The predicted octanol–water partition coefficient (Wildman–Crippen LogP) is -1.38. The molecule has 23 heteroatoms. The lowest BCUT2D eigenvalue weighted by molar-refractivity contribution is -0.0239. The molecule has 0 aliphatic rings. The van der Waals surface area contributed by atoms with Gasteiger partial charge in [-0.15, -0.1) is 0 Å². The van der Waals surface area contributed by atoms with Crippen molar-refractivity contribution < 1.29 is 52.3 Å². The molecule has 0 saturated carbocycles. The summed E-state index contributed by atoms with van der Waals surface area (Å²) >= 11 is 0. The largest absolute Gasteiger partial charge is 0.505 e. The van der Waals surface area contributed by atoms with Crippen molar-refractivity contribution in [1.29, 1.82) is 0 Å². The van der Waals surface area contributed by atoms with Gasteiger partial charge >= 0.3 is 26.4 Å². The highest BCUT2D eigenvalue weighted by molar-refractivity contribution is 6.94. The molecule has 1 atom stereocenters. The fourth-order valence-corrected chi connectivity index (χ4v) is 44.8. The number of hydrogen-bond acceptors (Lipinski definition) is 12. The van der Waals surface area contributed by atoms with Crippen molar-refractivity contribution in [3.63, 3.8) is 0 Å². The van der Waals surface area contributed by atoms with E-state index in [-0.39, 0.29) is 19.6 Å². The third-order valence-electron chi connectivity index (χ3n) is 5.46. The highest BCUT2D eigenvalue weighted by Crippen LogP contribution is 2.44. The van der Waals surface area contributed by atoms with Crippen molar-refractivity contribution in [2.45, 2.75) is 102 Å². The third-order valence-corrected chi connectivity index (χ3v) is 35.0. The topological polar surface area (TPSA) is 133 Å². The van der Waals surface area contributed by atoms with E-state index in [1.54, 1.807) is 0 Å². The van der Waals surface area contributed by atoms with E-state index < -0.39 is 119 Å². The van der Waals surface area contributed by atoms with Gasteiger partial charge in [0, 0.05) is 19.6 Å². The van der Waals surface area contributed by atoms with Gasteiger partial charge in [-0.2, -0.15) is 0 Å². The van der Waals surface area contributed by atoms with Crippen LogP contribution in [-0.2, 0) is 42.1 Å². The van der Waals surface area contributed by atoms with Crippen LogP contribution >= 0.6 is 0 Å². The number of aliphatic hydroxyl groups excluding tert-OH is 2. The van der Waals surface area contributed by atoms with Crippen LogP contribution in [0.25, 0.3) is 0 Å². The first-order valence-electron chi connectivity index (χ1n) is 15.2. The average Bonchev–Trinajstić information content (AvgIpc) is 2.84. The van der Waals surface area contributed by atoms with Gasteiger partial charge in [-0.1, -0.05) is 39.3 Å². The highest BCUT2D eigenvalue weighted by atomic mass is 28.5. The van der Waals surface area contributed by atoms with Crippen LogP contribution in [-0.4, -0.2) is 143 Å². The molecular weight excluding hydrogens is 729 g/mol. The van der Waals surface area contributed by atoms with E-state index in [1.165, 1.54) is 0 Å². The molecule has 0 rings (SSSR count). The fourth-order valence-electron chi connectivity index (χ4n) is 4.74. The summed E-state index contributed by atoms with van der Waals surface area (Å²) in [4.78, 5) is -1.37. The van der Waals surface area contributed by atoms with E-state index in [0.717, 1.165) is 0 Å². The first-order chi connectivity index (χ1) is 19.4.